The fraction of sp³-hybridized carbons (Fsp3) is 0.778. The number of unbranched alkanes of at least 4 members (excludes halogenated alkanes) is 1. The first-order valence-electron chi connectivity index (χ1n) is 8.76. The van der Waals surface area contributed by atoms with Crippen molar-refractivity contribution in [3.05, 3.63) is 17.8 Å². The van der Waals surface area contributed by atoms with E-state index in [1.807, 2.05) is 11.1 Å². The molecule has 0 bridgehead atoms. The SMILES string of the molecule is CCCCC(CS)C(=O)N1CCCC1c1ncc(C(C)(C)C)o1. The Bertz CT molecular complexity index is 521. The second-order valence-electron chi connectivity index (χ2n) is 7.52. The summed E-state index contributed by atoms with van der Waals surface area (Å²) in [6.07, 6.45) is 6.85. The average molecular weight is 339 g/mol. The summed E-state index contributed by atoms with van der Waals surface area (Å²) in [6.45, 7) is 9.27. The van der Waals surface area contributed by atoms with Crippen molar-refractivity contribution in [1.82, 2.24) is 9.88 Å². The van der Waals surface area contributed by atoms with Crippen LogP contribution >= 0.6 is 12.6 Å². The summed E-state index contributed by atoms with van der Waals surface area (Å²) in [5.74, 6) is 2.40. The van der Waals surface area contributed by atoms with Crippen LogP contribution in [0, 0.1) is 5.92 Å². The number of amides is 1. The smallest absolute Gasteiger partial charge is 0.227 e. The standard InChI is InChI=1S/C18H30N2O2S/c1-5-6-8-13(12-23)17(21)20-10-7-9-14(20)16-19-11-15(22-16)18(2,3)4/h11,13-14,23H,5-10,12H2,1-4H3. The number of aromatic nitrogens is 1. The lowest BCUT2D eigenvalue weighted by Gasteiger charge is -2.26. The number of carbonyl (C=O) groups is 1. The van der Waals surface area contributed by atoms with Gasteiger partial charge in [0.25, 0.3) is 0 Å². The maximum Gasteiger partial charge on any atom is 0.227 e. The quantitative estimate of drug-likeness (QED) is 0.783. The first-order valence-corrected chi connectivity index (χ1v) is 9.39. The van der Waals surface area contributed by atoms with Gasteiger partial charge >= 0.3 is 0 Å². The molecule has 1 aromatic heterocycles. The van der Waals surface area contributed by atoms with Gasteiger partial charge in [0.2, 0.25) is 11.8 Å². The predicted molar refractivity (Wildman–Crippen MR) is 95.8 cm³/mol. The van der Waals surface area contributed by atoms with Crippen LogP contribution in [0.25, 0.3) is 0 Å². The van der Waals surface area contributed by atoms with Crippen LogP contribution in [0.4, 0.5) is 0 Å². The first-order chi connectivity index (χ1) is 10.9. The van der Waals surface area contributed by atoms with Crippen LogP contribution in [0.3, 0.4) is 0 Å². The van der Waals surface area contributed by atoms with Gasteiger partial charge in [-0.3, -0.25) is 4.79 Å². The molecule has 0 aliphatic carbocycles. The molecule has 0 spiro atoms. The molecule has 5 heteroatoms. The Balaban J connectivity index is 2.13. The second kappa shape index (κ2) is 7.73. The number of carbonyl (C=O) groups excluding carboxylic acids is 1. The van der Waals surface area contributed by atoms with Gasteiger partial charge in [0.15, 0.2) is 0 Å². The molecule has 0 aromatic carbocycles. The summed E-state index contributed by atoms with van der Waals surface area (Å²) in [5.41, 5.74) is -0.0621. The van der Waals surface area contributed by atoms with E-state index in [1.165, 1.54) is 0 Å². The predicted octanol–water partition coefficient (Wildman–Crippen LogP) is 4.37. The van der Waals surface area contributed by atoms with Crippen molar-refractivity contribution >= 4 is 18.5 Å². The minimum absolute atomic E-state index is 0.0101. The molecule has 1 saturated heterocycles. The summed E-state index contributed by atoms with van der Waals surface area (Å²) >= 11 is 4.39. The highest BCUT2D eigenvalue weighted by atomic mass is 32.1. The second-order valence-corrected chi connectivity index (χ2v) is 7.89. The molecular weight excluding hydrogens is 308 g/mol. The highest BCUT2D eigenvalue weighted by Gasteiger charge is 2.36. The van der Waals surface area contributed by atoms with Crippen LogP contribution in [-0.2, 0) is 10.2 Å². The number of rotatable bonds is 6. The molecule has 2 rings (SSSR count). The van der Waals surface area contributed by atoms with E-state index in [2.05, 4.69) is 45.3 Å². The van der Waals surface area contributed by atoms with Crippen LogP contribution in [0.5, 0.6) is 0 Å². The lowest BCUT2D eigenvalue weighted by Crippen LogP contribution is -2.36. The lowest BCUT2D eigenvalue weighted by atomic mass is 9.94. The van der Waals surface area contributed by atoms with E-state index >= 15 is 0 Å². The summed E-state index contributed by atoms with van der Waals surface area (Å²) in [7, 11) is 0. The molecule has 1 aliphatic heterocycles. The van der Waals surface area contributed by atoms with Gasteiger partial charge in [-0.2, -0.15) is 12.6 Å². The number of likely N-dealkylation sites (tertiary alicyclic amines) is 1. The third-order valence-corrected chi connectivity index (χ3v) is 5.00. The van der Waals surface area contributed by atoms with Gasteiger partial charge in [0, 0.05) is 23.6 Å². The Kier molecular flexibility index (Phi) is 6.18. The maximum absolute atomic E-state index is 12.9. The van der Waals surface area contributed by atoms with Crippen molar-refractivity contribution < 1.29 is 9.21 Å². The fourth-order valence-electron chi connectivity index (χ4n) is 3.05. The maximum atomic E-state index is 12.9. The summed E-state index contributed by atoms with van der Waals surface area (Å²) in [5, 5.41) is 0. The zero-order chi connectivity index (χ0) is 17.0. The summed E-state index contributed by atoms with van der Waals surface area (Å²) < 4.78 is 5.98. The van der Waals surface area contributed by atoms with Crippen molar-refractivity contribution in [2.24, 2.45) is 5.92 Å². The summed E-state index contributed by atoms with van der Waals surface area (Å²) in [4.78, 5) is 19.3. The highest BCUT2D eigenvalue weighted by Crippen LogP contribution is 2.35. The Hall–Kier alpha value is -0.970. The molecule has 23 heavy (non-hydrogen) atoms. The van der Waals surface area contributed by atoms with Crippen LogP contribution in [-0.4, -0.2) is 28.1 Å². The fourth-order valence-corrected chi connectivity index (χ4v) is 3.39. The average Bonchev–Trinajstić information content (AvgIpc) is 3.15. The number of thiol groups is 1. The number of oxazole rings is 1. The van der Waals surface area contributed by atoms with E-state index in [-0.39, 0.29) is 23.3 Å². The Morgan fingerprint density at radius 2 is 2.26 bits per heavy atom. The molecule has 130 valence electrons. The van der Waals surface area contributed by atoms with Crippen LogP contribution in [0.15, 0.2) is 10.6 Å². The molecular formula is C18H30N2O2S. The molecule has 1 fully saturated rings. The van der Waals surface area contributed by atoms with E-state index in [4.69, 9.17) is 4.42 Å². The molecule has 2 atom stereocenters. The van der Waals surface area contributed by atoms with E-state index in [1.54, 1.807) is 0 Å². The van der Waals surface area contributed by atoms with Crippen molar-refractivity contribution in [3.8, 4) is 0 Å². The zero-order valence-corrected chi connectivity index (χ0v) is 15.7. The molecule has 1 aliphatic rings. The molecule has 0 radical (unpaired) electrons. The van der Waals surface area contributed by atoms with Gasteiger partial charge in [-0.25, -0.2) is 4.98 Å². The van der Waals surface area contributed by atoms with Gasteiger partial charge in [0.05, 0.1) is 6.20 Å². The Morgan fingerprint density at radius 1 is 1.52 bits per heavy atom. The van der Waals surface area contributed by atoms with Crippen LogP contribution in [0.2, 0.25) is 0 Å². The minimum atomic E-state index is -0.0621. The third-order valence-electron chi connectivity index (χ3n) is 4.56. The Labute approximate surface area is 145 Å². The number of hydrogen-bond donors (Lipinski definition) is 1. The molecule has 4 nitrogen and oxygen atoms in total. The van der Waals surface area contributed by atoms with E-state index in [9.17, 15) is 4.79 Å². The lowest BCUT2D eigenvalue weighted by molar-refractivity contribution is -0.136. The van der Waals surface area contributed by atoms with E-state index in [0.717, 1.165) is 44.4 Å². The molecule has 1 amide bonds. The number of nitrogens with zero attached hydrogens (tertiary/aromatic N) is 2. The van der Waals surface area contributed by atoms with Crippen LogP contribution < -0.4 is 0 Å². The molecule has 0 N–H and O–H groups in total. The van der Waals surface area contributed by atoms with Gasteiger partial charge < -0.3 is 9.32 Å². The first kappa shape index (κ1) is 18.4. The monoisotopic (exact) mass is 338 g/mol. The van der Waals surface area contributed by atoms with E-state index in [0.29, 0.717) is 11.6 Å². The third kappa shape index (κ3) is 4.31. The van der Waals surface area contributed by atoms with Crippen LogP contribution in [0.1, 0.15) is 77.5 Å². The topological polar surface area (TPSA) is 46.3 Å². The Morgan fingerprint density at radius 3 is 2.83 bits per heavy atom. The van der Waals surface area contributed by atoms with Crippen molar-refractivity contribution in [3.63, 3.8) is 0 Å². The van der Waals surface area contributed by atoms with Gasteiger partial charge in [-0.15, -0.1) is 0 Å². The molecule has 0 saturated carbocycles. The van der Waals surface area contributed by atoms with E-state index < -0.39 is 0 Å². The molecule has 1 aromatic rings. The minimum Gasteiger partial charge on any atom is -0.443 e. The highest BCUT2D eigenvalue weighted by molar-refractivity contribution is 7.80. The zero-order valence-electron chi connectivity index (χ0n) is 14.8. The molecule has 2 heterocycles. The summed E-state index contributed by atoms with van der Waals surface area (Å²) in [6, 6.07) is -0.0115. The van der Waals surface area contributed by atoms with Crippen molar-refractivity contribution in [1.29, 1.82) is 0 Å². The van der Waals surface area contributed by atoms with Gasteiger partial charge in [-0.05, 0) is 19.3 Å². The normalized spacial score (nSPS) is 20.0. The molecule has 2 unspecified atom stereocenters. The van der Waals surface area contributed by atoms with Gasteiger partial charge in [0.1, 0.15) is 11.8 Å². The van der Waals surface area contributed by atoms with Crippen molar-refractivity contribution in [2.75, 3.05) is 12.3 Å². The van der Waals surface area contributed by atoms with Gasteiger partial charge in [-0.1, -0.05) is 40.5 Å². The number of hydrogen-bond acceptors (Lipinski definition) is 4. The largest absolute Gasteiger partial charge is 0.443 e. The van der Waals surface area contributed by atoms with Crippen molar-refractivity contribution in [2.45, 2.75) is 71.3 Å².